The number of nitrogens with zero attached hydrogens (tertiary/aromatic N) is 6. The van der Waals surface area contributed by atoms with Gasteiger partial charge in [0.05, 0.1) is 36.4 Å². The Bertz CT molecular complexity index is 1430. The zero-order valence-corrected chi connectivity index (χ0v) is 19.1. The number of aromatic nitrogens is 5. The lowest BCUT2D eigenvalue weighted by molar-refractivity contribution is -0.136. The van der Waals surface area contributed by atoms with Crippen LogP contribution >= 0.6 is 0 Å². The van der Waals surface area contributed by atoms with E-state index in [9.17, 15) is 24.3 Å². The second-order valence-electron chi connectivity index (χ2n) is 9.05. The van der Waals surface area contributed by atoms with Crippen LogP contribution in [0, 0.1) is 0 Å². The maximum absolute atomic E-state index is 13.0. The summed E-state index contributed by atoms with van der Waals surface area (Å²) in [6.45, 7) is 0.907. The fraction of sp³-hybridized carbons (Fsp3) is 0.348. The number of fused-ring (bicyclic) bond motifs is 2. The minimum Gasteiger partial charge on any atom is -0.390 e. The van der Waals surface area contributed by atoms with Crippen LogP contribution in [0.2, 0.25) is 0 Å². The van der Waals surface area contributed by atoms with E-state index in [4.69, 9.17) is 0 Å². The molecule has 0 saturated carbocycles. The number of aromatic amines is 1. The van der Waals surface area contributed by atoms with Crippen molar-refractivity contribution < 1.29 is 24.3 Å². The van der Waals surface area contributed by atoms with Crippen molar-refractivity contribution in [1.82, 2.24) is 40.3 Å². The summed E-state index contributed by atoms with van der Waals surface area (Å²) in [7, 11) is 0. The van der Waals surface area contributed by atoms with Gasteiger partial charge in [0.2, 0.25) is 11.8 Å². The van der Waals surface area contributed by atoms with E-state index < -0.39 is 11.9 Å². The van der Waals surface area contributed by atoms with Gasteiger partial charge in [-0.15, -0.1) is 5.10 Å². The Kier molecular flexibility index (Phi) is 5.14. The molecule has 2 aromatic heterocycles. The zero-order chi connectivity index (χ0) is 25.0. The number of rotatable bonds is 4. The van der Waals surface area contributed by atoms with Crippen molar-refractivity contribution in [2.75, 3.05) is 6.54 Å². The van der Waals surface area contributed by atoms with Crippen molar-refractivity contribution in [1.29, 1.82) is 0 Å². The molecule has 13 nitrogen and oxygen atoms in total. The van der Waals surface area contributed by atoms with Crippen molar-refractivity contribution in [2.45, 2.75) is 45.0 Å². The van der Waals surface area contributed by atoms with Crippen LogP contribution in [0.4, 0.5) is 0 Å². The van der Waals surface area contributed by atoms with Crippen LogP contribution < -0.4 is 5.32 Å². The zero-order valence-electron chi connectivity index (χ0n) is 19.1. The van der Waals surface area contributed by atoms with E-state index >= 15 is 0 Å². The predicted molar refractivity (Wildman–Crippen MR) is 120 cm³/mol. The molecule has 1 aromatic carbocycles. The van der Waals surface area contributed by atoms with Gasteiger partial charge in [-0.05, 0) is 36.6 Å². The fourth-order valence-corrected chi connectivity index (χ4v) is 5.04. The quantitative estimate of drug-likeness (QED) is 0.409. The average molecular weight is 490 g/mol. The first-order valence-electron chi connectivity index (χ1n) is 11.6. The molecule has 3 N–H and O–H groups in total. The van der Waals surface area contributed by atoms with Crippen LogP contribution in [0.5, 0.6) is 0 Å². The summed E-state index contributed by atoms with van der Waals surface area (Å²) >= 11 is 0. The molecule has 184 valence electrons. The number of carbonyl (C=O) groups is 4. The average Bonchev–Trinajstić information content (AvgIpc) is 3.60. The molecule has 0 spiro atoms. The molecule has 0 radical (unpaired) electrons. The van der Waals surface area contributed by atoms with Gasteiger partial charge in [0, 0.05) is 30.6 Å². The van der Waals surface area contributed by atoms with Gasteiger partial charge < -0.3 is 14.9 Å². The van der Waals surface area contributed by atoms with E-state index in [1.807, 2.05) is 0 Å². The van der Waals surface area contributed by atoms with Crippen molar-refractivity contribution in [3.05, 3.63) is 58.2 Å². The van der Waals surface area contributed by atoms with Gasteiger partial charge in [0.25, 0.3) is 11.8 Å². The smallest absolute Gasteiger partial charge is 0.276 e. The number of H-pyrrole nitrogens is 1. The van der Waals surface area contributed by atoms with E-state index in [1.54, 1.807) is 29.3 Å². The number of imide groups is 1. The number of piperidine rings is 1. The topological polar surface area (TPSA) is 166 Å². The van der Waals surface area contributed by atoms with E-state index in [0.717, 1.165) is 16.8 Å². The maximum Gasteiger partial charge on any atom is 0.276 e. The Morgan fingerprint density at radius 1 is 1.17 bits per heavy atom. The molecular formula is C23H22N8O5. The second-order valence-corrected chi connectivity index (χ2v) is 9.05. The summed E-state index contributed by atoms with van der Waals surface area (Å²) in [5.41, 5.74) is 4.38. The molecule has 6 rings (SSSR count). The molecule has 4 amide bonds. The standard InChI is InChI=1S/C23H22N8O5/c32-11-18-15-5-6-29(9-16(15)25-26-18)23(36)17-10-31(28-27-17)13-1-2-14-12(7-13)8-30(22(14)35)19-3-4-20(33)24-21(19)34/h1-2,7,10,19,32H,3-6,8-9,11H2,(H,25,26)(H,24,33,34). The number of hydrogen-bond donors (Lipinski definition) is 3. The highest BCUT2D eigenvalue weighted by Crippen LogP contribution is 2.29. The lowest BCUT2D eigenvalue weighted by atomic mass is 10.0. The van der Waals surface area contributed by atoms with E-state index in [0.29, 0.717) is 42.9 Å². The Labute approximate surface area is 204 Å². The molecule has 36 heavy (non-hydrogen) atoms. The van der Waals surface area contributed by atoms with E-state index in [2.05, 4.69) is 25.8 Å². The number of hydrogen-bond acceptors (Lipinski definition) is 8. The molecule has 1 unspecified atom stereocenters. The molecular weight excluding hydrogens is 468 g/mol. The molecule has 1 atom stereocenters. The number of nitrogens with one attached hydrogen (secondary N) is 2. The number of aliphatic hydroxyl groups is 1. The first-order valence-corrected chi connectivity index (χ1v) is 11.6. The SMILES string of the molecule is O=C1CCC(N2Cc3cc(-n4cc(C(=O)N5CCc6c(CO)n[nH]c6C5)nn4)ccc3C2=O)C(=O)N1. The Hall–Kier alpha value is -4.39. The lowest BCUT2D eigenvalue weighted by Gasteiger charge is -2.29. The van der Waals surface area contributed by atoms with Crippen LogP contribution in [0.25, 0.3) is 5.69 Å². The summed E-state index contributed by atoms with van der Waals surface area (Å²) in [6, 6.07) is 4.48. The van der Waals surface area contributed by atoms with Crippen molar-refractivity contribution >= 4 is 23.6 Å². The fourth-order valence-electron chi connectivity index (χ4n) is 5.04. The molecule has 5 heterocycles. The van der Waals surface area contributed by atoms with Crippen molar-refractivity contribution in [3.63, 3.8) is 0 Å². The monoisotopic (exact) mass is 490 g/mol. The molecule has 3 aliphatic heterocycles. The van der Waals surface area contributed by atoms with Crippen LogP contribution in [-0.2, 0) is 35.7 Å². The number of aliphatic hydroxyl groups excluding tert-OH is 1. The molecule has 1 fully saturated rings. The Morgan fingerprint density at radius 3 is 2.83 bits per heavy atom. The lowest BCUT2D eigenvalue weighted by Crippen LogP contribution is -2.52. The van der Waals surface area contributed by atoms with Gasteiger partial charge in [-0.25, -0.2) is 4.68 Å². The number of benzene rings is 1. The largest absolute Gasteiger partial charge is 0.390 e. The highest BCUT2D eigenvalue weighted by molar-refractivity contribution is 6.05. The Morgan fingerprint density at radius 2 is 2.03 bits per heavy atom. The minimum atomic E-state index is -0.685. The Balaban J connectivity index is 1.18. The van der Waals surface area contributed by atoms with E-state index in [-0.39, 0.29) is 43.0 Å². The first-order chi connectivity index (χ1) is 17.4. The van der Waals surface area contributed by atoms with Gasteiger partial charge in [-0.1, -0.05) is 5.21 Å². The first kappa shape index (κ1) is 22.1. The van der Waals surface area contributed by atoms with Crippen LogP contribution in [0.15, 0.2) is 24.4 Å². The molecule has 3 aliphatic rings. The number of amides is 4. The van der Waals surface area contributed by atoms with Gasteiger partial charge in [-0.2, -0.15) is 5.10 Å². The highest BCUT2D eigenvalue weighted by atomic mass is 16.3. The number of carbonyl (C=O) groups excluding carboxylic acids is 4. The summed E-state index contributed by atoms with van der Waals surface area (Å²) < 4.78 is 1.47. The van der Waals surface area contributed by atoms with Crippen LogP contribution in [0.3, 0.4) is 0 Å². The minimum absolute atomic E-state index is 0.147. The van der Waals surface area contributed by atoms with Crippen LogP contribution in [0.1, 0.15) is 56.2 Å². The third-order valence-electron chi connectivity index (χ3n) is 6.94. The molecule has 1 saturated heterocycles. The van der Waals surface area contributed by atoms with Crippen LogP contribution in [-0.4, -0.2) is 76.3 Å². The molecule has 0 bridgehead atoms. The van der Waals surface area contributed by atoms with Crippen molar-refractivity contribution in [2.24, 2.45) is 0 Å². The normalized spacial score (nSPS) is 19.4. The highest BCUT2D eigenvalue weighted by Gasteiger charge is 2.39. The van der Waals surface area contributed by atoms with Crippen molar-refractivity contribution in [3.8, 4) is 5.69 Å². The summed E-state index contributed by atoms with van der Waals surface area (Å²) in [5.74, 6) is -1.32. The van der Waals surface area contributed by atoms with Gasteiger partial charge >= 0.3 is 0 Å². The van der Waals surface area contributed by atoms with E-state index in [1.165, 1.54) is 9.58 Å². The van der Waals surface area contributed by atoms with Gasteiger partial charge in [-0.3, -0.25) is 29.6 Å². The van der Waals surface area contributed by atoms with Gasteiger partial charge in [0.1, 0.15) is 6.04 Å². The third-order valence-corrected chi connectivity index (χ3v) is 6.94. The summed E-state index contributed by atoms with van der Waals surface area (Å²) in [6.07, 6.45) is 2.62. The maximum atomic E-state index is 13.0. The summed E-state index contributed by atoms with van der Waals surface area (Å²) in [4.78, 5) is 52.8. The van der Waals surface area contributed by atoms with Gasteiger partial charge in [0.15, 0.2) is 5.69 Å². The molecule has 0 aliphatic carbocycles. The molecule has 3 aromatic rings. The third kappa shape index (κ3) is 3.55. The summed E-state index contributed by atoms with van der Waals surface area (Å²) in [5, 5.41) is 26.8. The second kappa shape index (κ2) is 8.37. The predicted octanol–water partition coefficient (Wildman–Crippen LogP) is -0.558. The molecule has 13 heteroatoms.